The van der Waals surface area contributed by atoms with Crippen LogP contribution in [-0.2, 0) is 4.79 Å². The zero-order valence-electron chi connectivity index (χ0n) is 17.3. The van der Waals surface area contributed by atoms with Gasteiger partial charge in [-0.15, -0.1) is 11.3 Å². The van der Waals surface area contributed by atoms with E-state index in [9.17, 15) is 14.0 Å². The van der Waals surface area contributed by atoms with Crippen LogP contribution in [0.1, 0.15) is 15.4 Å². The quantitative estimate of drug-likeness (QED) is 0.389. The van der Waals surface area contributed by atoms with Gasteiger partial charge >= 0.3 is 0 Å². The Bertz CT molecular complexity index is 1280. The molecule has 0 radical (unpaired) electrons. The largest absolute Gasteiger partial charge is 0.495 e. The molecule has 2 aromatic carbocycles. The number of para-hydroxylation sites is 2. The fourth-order valence-corrected chi connectivity index (χ4v) is 4.19. The molecule has 0 saturated carbocycles. The number of carbonyl (C=O) groups excluding carboxylic acids is 2. The lowest BCUT2D eigenvalue weighted by Gasteiger charge is -2.11. The Morgan fingerprint density at radius 2 is 1.88 bits per heavy atom. The normalized spacial score (nSPS) is 10.7. The topological polar surface area (TPSA) is 97.3 Å². The Hall–Kier alpha value is -3.92. The first kappa shape index (κ1) is 21.3. The highest BCUT2D eigenvalue weighted by Gasteiger charge is 2.17. The molecule has 0 aliphatic rings. The van der Waals surface area contributed by atoms with E-state index in [1.165, 1.54) is 23.5 Å². The minimum atomic E-state index is -0.443. The van der Waals surface area contributed by atoms with Crippen LogP contribution in [0.3, 0.4) is 0 Å². The number of hydrogen-bond donors (Lipinski definition) is 3. The summed E-state index contributed by atoms with van der Waals surface area (Å²) in [4.78, 5) is 25.8. The van der Waals surface area contributed by atoms with Crippen LogP contribution in [0.5, 0.6) is 5.75 Å². The second-order valence-electron chi connectivity index (χ2n) is 6.86. The summed E-state index contributed by atoms with van der Waals surface area (Å²) in [7, 11) is 1.54. The Labute approximate surface area is 187 Å². The van der Waals surface area contributed by atoms with E-state index in [1.54, 1.807) is 42.1 Å². The Kier molecular flexibility index (Phi) is 6.04. The molecule has 8 nitrogen and oxygen atoms in total. The lowest BCUT2D eigenvalue weighted by Crippen LogP contribution is -2.43. The number of halogens is 1. The summed E-state index contributed by atoms with van der Waals surface area (Å²) in [5.41, 5.74) is 6.91. The van der Waals surface area contributed by atoms with E-state index in [0.29, 0.717) is 22.0 Å². The third-order valence-electron chi connectivity index (χ3n) is 4.70. The number of carbonyl (C=O) groups is 2. The van der Waals surface area contributed by atoms with Crippen LogP contribution in [0.25, 0.3) is 15.9 Å². The number of aromatic nitrogens is 2. The van der Waals surface area contributed by atoms with Gasteiger partial charge in [0.25, 0.3) is 11.8 Å². The average molecular weight is 453 g/mol. The van der Waals surface area contributed by atoms with Crippen LogP contribution < -0.4 is 20.9 Å². The lowest BCUT2D eigenvalue weighted by atomic mass is 10.3. The summed E-state index contributed by atoms with van der Waals surface area (Å²) in [6.07, 6.45) is 0. The zero-order chi connectivity index (χ0) is 22.7. The average Bonchev–Trinajstić information content (AvgIpc) is 3.37. The van der Waals surface area contributed by atoms with Gasteiger partial charge in [0.1, 0.15) is 16.4 Å². The predicted molar refractivity (Wildman–Crippen MR) is 121 cm³/mol. The highest BCUT2D eigenvalue weighted by molar-refractivity contribution is 7.20. The smallest absolute Gasteiger partial charge is 0.279 e. The van der Waals surface area contributed by atoms with E-state index in [4.69, 9.17) is 4.74 Å². The molecule has 3 N–H and O–H groups in total. The first-order valence-electron chi connectivity index (χ1n) is 9.67. The van der Waals surface area contributed by atoms with Gasteiger partial charge in [-0.3, -0.25) is 20.4 Å². The van der Waals surface area contributed by atoms with Gasteiger partial charge in [-0.1, -0.05) is 12.1 Å². The molecule has 164 valence electrons. The molecule has 0 spiro atoms. The summed E-state index contributed by atoms with van der Waals surface area (Å²) in [6.45, 7) is 1.79. The number of hydrogen-bond acceptors (Lipinski definition) is 6. The number of anilines is 1. The number of fused-ring (bicyclic) bond motifs is 1. The van der Waals surface area contributed by atoms with Crippen LogP contribution in [0.2, 0.25) is 0 Å². The standard InChI is InChI=1S/C22H20FN5O3S/c1-13-16-11-19(32-22(16)28(27-13)15-9-7-14(23)8-10-15)21(30)26-25-20(29)12-24-17-5-3-4-6-18(17)31-2/h3-11,24H,12H2,1-2H3,(H,25,29)(H,26,30). The van der Waals surface area contributed by atoms with Gasteiger partial charge in [-0.25, -0.2) is 9.07 Å². The maximum Gasteiger partial charge on any atom is 0.279 e. The fourth-order valence-electron chi connectivity index (χ4n) is 3.11. The first-order chi connectivity index (χ1) is 15.5. The number of ether oxygens (including phenoxy) is 1. The molecule has 0 bridgehead atoms. The van der Waals surface area contributed by atoms with E-state index >= 15 is 0 Å². The molecule has 2 amide bonds. The minimum Gasteiger partial charge on any atom is -0.495 e. The van der Waals surface area contributed by atoms with Gasteiger partial charge in [-0.05, 0) is 49.4 Å². The molecule has 32 heavy (non-hydrogen) atoms. The van der Waals surface area contributed by atoms with E-state index in [1.807, 2.05) is 19.1 Å². The molecule has 0 atom stereocenters. The number of nitrogens with zero attached hydrogens (tertiary/aromatic N) is 2. The second-order valence-corrected chi connectivity index (χ2v) is 7.89. The number of nitrogens with one attached hydrogen (secondary N) is 3. The monoisotopic (exact) mass is 453 g/mol. The molecular formula is C22H20FN5O3S. The molecule has 4 rings (SSSR count). The number of methoxy groups -OCH3 is 1. The van der Waals surface area contributed by atoms with E-state index in [0.717, 1.165) is 15.9 Å². The Balaban J connectivity index is 1.41. The molecule has 4 aromatic rings. The van der Waals surface area contributed by atoms with Crippen LogP contribution in [-0.4, -0.2) is 35.2 Å². The van der Waals surface area contributed by atoms with Crippen molar-refractivity contribution in [1.82, 2.24) is 20.6 Å². The highest BCUT2D eigenvalue weighted by atomic mass is 32.1. The van der Waals surface area contributed by atoms with Crippen LogP contribution in [0, 0.1) is 12.7 Å². The van der Waals surface area contributed by atoms with Gasteiger partial charge in [0.2, 0.25) is 0 Å². The third-order valence-corrected chi connectivity index (χ3v) is 5.81. The van der Waals surface area contributed by atoms with Gasteiger partial charge < -0.3 is 10.1 Å². The van der Waals surface area contributed by atoms with Gasteiger partial charge in [0.05, 0.1) is 35.6 Å². The molecular weight excluding hydrogens is 433 g/mol. The van der Waals surface area contributed by atoms with Crippen molar-refractivity contribution < 1.29 is 18.7 Å². The molecule has 0 aliphatic carbocycles. The number of amides is 2. The van der Waals surface area contributed by atoms with Gasteiger partial charge in [0, 0.05) is 5.39 Å². The van der Waals surface area contributed by atoms with Gasteiger partial charge in [0.15, 0.2) is 0 Å². The highest BCUT2D eigenvalue weighted by Crippen LogP contribution is 2.30. The SMILES string of the molecule is COc1ccccc1NCC(=O)NNC(=O)c1cc2c(C)nn(-c3ccc(F)cc3)c2s1. The zero-order valence-corrected chi connectivity index (χ0v) is 18.1. The van der Waals surface area contributed by atoms with Crippen molar-refractivity contribution in [3.05, 3.63) is 71.0 Å². The van der Waals surface area contributed by atoms with Crippen molar-refractivity contribution in [2.45, 2.75) is 6.92 Å². The molecule has 0 aliphatic heterocycles. The second kappa shape index (κ2) is 9.06. The van der Waals surface area contributed by atoms with E-state index in [-0.39, 0.29) is 12.4 Å². The lowest BCUT2D eigenvalue weighted by molar-refractivity contribution is -0.120. The molecule has 0 unspecified atom stereocenters. The van der Waals surface area contributed by atoms with Crippen molar-refractivity contribution in [3.63, 3.8) is 0 Å². The van der Waals surface area contributed by atoms with E-state index < -0.39 is 11.8 Å². The van der Waals surface area contributed by atoms with Crippen LogP contribution in [0.4, 0.5) is 10.1 Å². The minimum absolute atomic E-state index is 0.0499. The predicted octanol–water partition coefficient (Wildman–Crippen LogP) is 3.42. The van der Waals surface area contributed by atoms with E-state index in [2.05, 4.69) is 21.3 Å². The van der Waals surface area contributed by atoms with Gasteiger partial charge in [-0.2, -0.15) is 5.10 Å². The number of rotatable bonds is 6. The summed E-state index contributed by atoms with van der Waals surface area (Å²) in [5, 5.41) is 8.25. The van der Waals surface area contributed by atoms with Crippen LogP contribution in [0.15, 0.2) is 54.6 Å². The number of hydrazine groups is 1. The molecule has 0 fully saturated rings. The van der Waals surface area contributed by atoms with Crippen molar-refractivity contribution in [1.29, 1.82) is 0 Å². The van der Waals surface area contributed by atoms with Crippen molar-refractivity contribution >= 4 is 39.1 Å². The molecule has 2 aromatic heterocycles. The summed E-state index contributed by atoms with van der Waals surface area (Å²) in [6, 6.07) is 14.9. The number of aryl methyl sites for hydroxylation is 1. The van der Waals surface area contributed by atoms with Crippen molar-refractivity contribution in [2.24, 2.45) is 0 Å². The molecule has 2 heterocycles. The van der Waals surface area contributed by atoms with Crippen molar-refractivity contribution in [3.8, 4) is 11.4 Å². The molecule has 0 saturated heterocycles. The number of benzene rings is 2. The summed E-state index contributed by atoms with van der Waals surface area (Å²) < 4.78 is 20.1. The first-order valence-corrected chi connectivity index (χ1v) is 10.5. The maximum atomic E-state index is 13.2. The van der Waals surface area contributed by atoms with Crippen molar-refractivity contribution in [2.75, 3.05) is 19.0 Å². The number of thiophene rings is 1. The Morgan fingerprint density at radius 1 is 1.12 bits per heavy atom. The summed E-state index contributed by atoms with van der Waals surface area (Å²) in [5.74, 6) is -0.586. The molecule has 10 heteroatoms. The third kappa shape index (κ3) is 4.40. The maximum absolute atomic E-state index is 13.2. The Morgan fingerprint density at radius 3 is 2.62 bits per heavy atom. The fraction of sp³-hybridized carbons (Fsp3) is 0.136. The summed E-state index contributed by atoms with van der Waals surface area (Å²) >= 11 is 1.23. The van der Waals surface area contributed by atoms with Crippen LogP contribution >= 0.6 is 11.3 Å².